The number of hydrogen-bond acceptors (Lipinski definition) is 6. The molecule has 4 rings (SSSR count). The Balaban J connectivity index is 1.40. The van der Waals surface area contributed by atoms with Gasteiger partial charge in [0.1, 0.15) is 24.5 Å². The number of rotatable bonds is 7. The molecule has 0 saturated carbocycles. The first-order valence-corrected chi connectivity index (χ1v) is 10.2. The summed E-state index contributed by atoms with van der Waals surface area (Å²) in [4.78, 5) is 24.3. The molecule has 1 fully saturated rings. The van der Waals surface area contributed by atoms with Crippen molar-refractivity contribution in [3.05, 3.63) is 75.6 Å². The molecule has 3 aromatic rings. The van der Waals surface area contributed by atoms with Crippen molar-refractivity contribution < 1.29 is 23.4 Å². The Morgan fingerprint density at radius 3 is 2.70 bits per heavy atom. The lowest BCUT2D eigenvalue weighted by molar-refractivity contribution is 0.0473. The molecule has 0 unspecified atom stereocenters. The fraction of sp³-hybridized carbons (Fsp3) is 0.333. The Bertz CT molecular complexity index is 1080. The number of ether oxygens (including phenoxy) is 3. The number of carbonyl (C=O) groups excluding carboxylic acids is 1. The van der Waals surface area contributed by atoms with Crippen LogP contribution in [0.5, 0.6) is 5.75 Å². The van der Waals surface area contributed by atoms with Gasteiger partial charge in [0, 0.05) is 23.6 Å². The van der Waals surface area contributed by atoms with Gasteiger partial charge in [0.2, 0.25) is 0 Å². The molecule has 1 aliphatic heterocycles. The molecule has 1 aliphatic rings. The lowest BCUT2D eigenvalue weighted by Crippen LogP contribution is -2.16. The minimum atomic E-state index is -0.466. The highest BCUT2D eigenvalue weighted by Gasteiger charge is 2.16. The number of esters is 1. The Hall–Kier alpha value is -3.12. The highest BCUT2D eigenvalue weighted by atomic mass is 16.5. The zero-order chi connectivity index (χ0) is 20.9. The number of carbonyl (C=O) groups is 1. The van der Waals surface area contributed by atoms with E-state index >= 15 is 0 Å². The molecular formula is C24H24O6. The molecule has 30 heavy (non-hydrogen) atoms. The van der Waals surface area contributed by atoms with E-state index in [0.717, 1.165) is 36.8 Å². The standard InChI is InChI=1S/C24H24O6/c1-2-16-5-10-21-18(13-23(25)30-22(21)12-16)14-29-24(26)17-6-8-19(9-7-17)28-15-20-4-3-11-27-20/h5-10,12-13,20H,2-4,11,14-15H2,1H3/t20-/m1/s1. The van der Waals surface area contributed by atoms with Gasteiger partial charge in [-0.05, 0) is 55.2 Å². The average Bonchev–Trinajstić information content (AvgIpc) is 3.29. The topological polar surface area (TPSA) is 75.0 Å². The van der Waals surface area contributed by atoms with Crippen molar-refractivity contribution in [1.29, 1.82) is 0 Å². The highest BCUT2D eigenvalue weighted by Crippen LogP contribution is 2.21. The minimum absolute atomic E-state index is 0.0102. The predicted molar refractivity (Wildman–Crippen MR) is 112 cm³/mol. The first-order valence-electron chi connectivity index (χ1n) is 10.2. The number of hydrogen-bond donors (Lipinski definition) is 0. The normalized spacial score (nSPS) is 16.0. The van der Waals surface area contributed by atoms with Crippen LogP contribution in [0.2, 0.25) is 0 Å². The Morgan fingerprint density at radius 1 is 1.13 bits per heavy atom. The lowest BCUT2D eigenvalue weighted by Gasteiger charge is -2.12. The van der Waals surface area contributed by atoms with Gasteiger partial charge in [-0.25, -0.2) is 9.59 Å². The van der Waals surface area contributed by atoms with Gasteiger partial charge < -0.3 is 18.6 Å². The van der Waals surface area contributed by atoms with Crippen LogP contribution in [0.4, 0.5) is 0 Å². The van der Waals surface area contributed by atoms with E-state index in [0.29, 0.717) is 29.1 Å². The van der Waals surface area contributed by atoms with Crippen molar-refractivity contribution >= 4 is 16.9 Å². The first-order chi connectivity index (χ1) is 14.6. The van der Waals surface area contributed by atoms with Gasteiger partial charge in [-0.3, -0.25) is 0 Å². The van der Waals surface area contributed by atoms with Crippen molar-refractivity contribution in [2.45, 2.75) is 38.9 Å². The second kappa shape index (κ2) is 9.13. The van der Waals surface area contributed by atoms with Crippen LogP contribution in [0.15, 0.2) is 57.7 Å². The summed E-state index contributed by atoms with van der Waals surface area (Å²) in [6.45, 7) is 3.32. The average molecular weight is 408 g/mol. The molecule has 0 spiro atoms. The number of aryl methyl sites for hydroxylation is 1. The number of benzene rings is 2. The summed E-state index contributed by atoms with van der Waals surface area (Å²) in [5.41, 5.74) is 2.14. The molecule has 1 atom stereocenters. The SMILES string of the molecule is CCc1ccc2c(COC(=O)c3ccc(OC[C@H]4CCCO4)cc3)cc(=O)oc2c1. The first kappa shape index (κ1) is 20.2. The molecule has 2 heterocycles. The molecule has 156 valence electrons. The summed E-state index contributed by atoms with van der Waals surface area (Å²) in [6.07, 6.45) is 3.06. The van der Waals surface area contributed by atoms with Crippen LogP contribution in [-0.2, 0) is 22.5 Å². The summed E-state index contributed by atoms with van der Waals surface area (Å²) in [5, 5.41) is 0.762. The largest absolute Gasteiger partial charge is 0.491 e. The molecule has 1 aromatic heterocycles. The maximum atomic E-state index is 12.4. The highest BCUT2D eigenvalue weighted by molar-refractivity contribution is 5.89. The summed E-state index contributed by atoms with van der Waals surface area (Å²) in [7, 11) is 0. The van der Waals surface area contributed by atoms with Crippen molar-refractivity contribution in [3.63, 3.8) is 0 Å². The van der Waals surface area contributed by atoms with Crippen molar-refractivity contribution in [1.82, 2.24) is 0 Å². The van der Waals surface area contributed by atoms with Gasteiger partial charge >= 0.3 is 11.6 Å². The third-order valence-corrected chi connectivity index (χ3v) is 5.21. The zero-order valence-corrected chi connectivity index (χ0v) is 16.9. The van der Waals surface area contributed by atoms with E-state index in [-0.39, 0.29) is 12.7 Å². The van der Waals surface area contributed by atoms with E-state index in [1.165, 1.54) is 6.07 Å². The molecule has 6 heteroatoms. The fourth-order valence-electron chi connectivity index (χ4n) is 3.49. The summed E-state index contributed by atoms with van der Waals surface area (Å²) in [5.74, 6) is 0.215. The summed E-state index contributed by atoms with van der Waals surface area (Å²) in [6, 6.07) is 13.9. The van der Waals surface area contributed by atoms with Crippen LogP contribution >= 0.6 is 0 Å². The summed E-state index contributed by atoms with van der Waals surface area (Å²) < 4.78 is 22.0. The van der Waals surface area contributed by atoms with E-state index in [4.69, 9.17) is 18.6 Å². The number of fused-ring (bicyclic) bond motifs is 1. The third kappa shape index (κ3) is 4.71. The Labute approximate surface area is 174 Å². The van der Waals surface area contributed by atoms with E-state index < -0.39 is 11.6 Å². The molecule has 0 radical (unpaired) electrons. The van der Waals surface area contributed by atoms with Crippen LogP contribution in [0, 0.1) is 0 Å². The van der Waals surface area contributed by atoms with Gasteiger partial charge in [0.15, 0.2) is 0 Å². The van der Waals surface area contributed by atoms with Crippen LogP contribution in [0.25, 0.3) is 11.0 Å². The fourth-order valence-corrected chi connectivity index (χ4v) is 3.49. The maximum absolute atomic E-state index is 12.4. The molecule has 0 amide bonds. The summed E-state index contributed by atoms with van der Waals surface area (Å²) >= 11 is 0. The van der Waals surface area contributed by atoms with E-state index in [2.05, 4.69) is 0 Å². The minimum Gasteiger partial charge on any atom is -0.491 e. The van der Waals surface area contributed by atoms with E-state index in [1.807, 2.05) is 25.1 Å². The van der Waals surface area contributed by atoms with Crippen LogP contribution in [0.3, 0.4) is 0 Å². The van der Waals surface area contributed by atoms with Crippen LogP contribution in [-0.4, -0.2) is 25.3 Å². The van der Waals surface area contributed by atoms with Crippen LogP contribution in [0.1, 0.15) is 41.3 Å². The van der Waals surface area contributed by atoms with Gasteiger partial charge in [-0.2, -0.15) is 0 Å². The molecular weight excluding hydrogens is 384 g/mol. The van der Waals surface area contributed by atoms with Gasteiger partial charge in [0.25, 0.3) is 0 Å². The molecule has 0 bridgehead atoms. The molecule has 0 N–H and O–H groups in total. The van der Waals surface area contributed by atoms with Crippen molar-refractivity contribution in [2.75, 3.05) is 13.2 Å². The molecule has 1 saturated heterocycles. The molecule has 0 aliphatic carbocycles. The van der Waals surface area contributed by atoms with Crippen molar-refractivity contribution in [2.24, 2.45) is 0 Å². The molecule has 2 aromatic carbocycles. The zero-order valence-electron chi connectivity index (χ0n) is 16.9. The van der Waals surface area contributed by atoms with E-state index in [1.54, 1.807) is 24.3 Å². The third-order valence-electron chi connectivity index (χ3n) is 5.21. The predicted octanol–water partition coefficient (Wildman–Crippen LogP) is 4.27. The van der Waals surface area contributed by atoms with Gasteiger partial charge in [-0.15, -0.1) is 0 Å². The van der Waals surface area contributed by atoms with Gasteiger partial charge in [0.05, 0.1) is 11.7 Å². The molecule has 6 nitrogen and oxygen atoms in total. The van der Waals surface area contributed by atoms with Gasteiger partial charge in [-0.1, -0.05) is 19.1 Å². The second-order valence-corrected chi connectivity index (χ2v) is 7.32. The monoisotopic (exact) mass is 408 g/mol. The second-order valence-electron chi connectivity index (χ2n) is 7.32. The quantitative estimate of drug-likeness (QED) is 0.429. The lowest BCUT2D eigenvalue weighted by atomic mass is 10.1. The Kier molecular flexibility index (Phi) is 6.14. The van der Waals surface area contributed by atoms with E-state index in [9.17, 15) is 9.59 Å². The smallest absolute Gasteiger partial charge is 0.338 e. The maximum Gasteiger partial charge on any atom is 0.338 e. The Morgan fingerprint density at radius 2 is 1.97 bits per heavy atom. The van der Waals surface area contributed by atoms with Crippen molar-refractivity contribution in [3.8, 4) is 5.75 Å². The van der Waals surface area contributed by atoms with Crippen LogP contribution < -0.4 is 10.4 Å².